The van der Waals surface area contributed by atoms with Crippen molar-refractivity contribution in [1.82, 2.24) is 4.90 Å². The molecule has 21 heavy (non-hydrogen) atoms. The number of carboxylic acids is 2. The molecule has 0 spiro atoms. The predicted octanol–water partition coefficient (Wildman–Crippen LogP) is -7.37. The third-order valence-corrected chi connectivity index (χ3v) is 2.48. The monoisotopic (exact) mass is 309 g/mol. The number of carboxylic acid groups (broad SMARTS) is 2. The molecule has 4 atom stereocenters. The zero-order chi connectivity index (χ0) is 15.9. The summed E-state index contributed by atoms with van der Waals surface area (Å²) in [5, 5.41) is 64.6. The normalized spacial score (nSPS) is 15.7. The van der Waals surface area contributed by atoms with Gasteiger partial charge in [-0.2, -0.15) is 10.5 Å². The summed E-state index contributed by atoms with van der Waals surface area (Å²) in [7, 11) is 0. The van der Waals surface area contributed by atoms with Gasteiger partial charge in [0.05, 0.1) is 37.4 Å². The van der Waals surface area contributed by atoms with E-state index in [0.717, 1.165) is 0 Å². The van der Waals surface area contributed by atoms with Crippen molar-refractivity contribution in [3.05, 3.63) is 0 Å². The molecule has 0 saturated heterocycles. The average molecular weight is 309 g/mol. The van der Waals surface area contributed by atoms with Gasteiger partial charge in [0.2, 0.25) is 0 Å². The largest absolute Gasteiger partial charge is 1.00 e. The van der Waals surface area contributed by atoms with Crippen LogP contribution in [0.3, 0.4) is 0 Å². The van der Waals surface area contributed by atoms with Crippen LogP contribution < -0.4 is 34.7 Å². The SMILES string of the molecule is N#CC(CO)N(C(C#N)CO)[C@H](C(=O)[O-])C(O)C(=O)O.[Na+]. The van der Waals surface area contributed by atoms with Crippen LogP contribution in [0.25, 0.3) is 0 Å². The maximum atomic E-state index is 11.0. The summed E-state index contributed by atoms with van der Waals surface area (Å²) >= 11 is 0. The van der Waals surface area contributed by atoms with Gasteiger partial charge in [0.1, 0.15) is 12.1 Å². The van der Waals surface area contributed by atoms with Crippen molar-refractivity contribution in [2.24, 2.45) is 0 Å². The molecule has 0 aliphatic rings. The average Bonchev–Trinajstić information content (AvgIpc) is 2.40. The molecule has 0 saturated carbocycles. The molecule has 0 fully saturated rings. The summed E-state index contributed by atoms with van der Waals surface area (Å²) in [5.74, 6) is -3.99. The van der Waals surface area contributed by atoms with Gasteiger partial charge in [-0.25, -0.2) is 4.79 Å². The molecule has 0 aromatic heterocycles. The number of aliphatic carboxylic acids is 2. The van der Waals surface area contributed by atoms with Crippen molar-refractivity contribution in [3.63, 3.8) is 0 Å². The molecule has 0 rings (SSSR count). The zero-order valence-electron chi connectivity index (χ0n) is 11.1. The van der Waals surface area contributed by atoms with Gasteiger partial charge in [-0.15, -0.1) is 0 Å². The number of carbonyl (C=O) groups is 2. The molecular weight excluding hydrogens is 297 g/mol. The van der Waals surface area contributed by atoms with Crippen molar-refractivity contribution >= 4 is 11.9 Å². The number of nitrogens with zero attached hydrogens (tertiary/aromatic N) is 3. The number of aliphatic hydroxyl groups is 3. The molecule has 0 aromatic rings. The van der Waals surface area contributed by atoms with Crippen LogP contribution in [0.15, 0.2) is 0 Å². The zero-order valence-corrected chi connectivity index (χ0v) is 13.1. The van der Waals surface area contributed by atoms with E-state index in [1.54, 1.807) is 0 Å². The molecule has 3 unspecified atom stereocenters. The Kier molecular flexibility index (Phi) is 11.0. The number of nitriles is 2. The molecule has 0 aliphatic carbocycles. The quantitative estimate of drug-likeness (QED) is 0.313. The van der Waals surface area contributed by atoms with Crippen LogP contribution in [0.4, 0.5) is 0 Å². The number of hydrogen-bond donors (Lipinski definition) is 4. The Morgan fingerprint density at radius 2 is 1.52 bits per heavy atom. The Balaban J connectivity index is 0. The summed E-state index contributed by atoms with van der Waals surface area (Å²) in [4.78, 5) is 22.1. The second-order valence-corrected chi connectivity index (χ2v) is 3.65. The fourth-order valence-electron chi connectivity index (χ4n) is 1.56. The van der Waals surface area contributed by atoms with E-state index < -0.39 is 49.4 Å². The van der Waals surface area contributed by atoms with Gasteiger partial charge in [-0.1, -0.05) is 0 Å². The standard InChI is InChI=1S/C10H13N3O7.Na/c11-1-5(3-14)13(6(2-12)4-15)7(9(17)18)8(16)10(19)20;/h5-8,14-16H,3-4H2,(H,17,18)(H,19,20);/q;+1/p-1/t5?,6?,7-,8?;/m0./s1. The van der Waals surface area contributed by atoms with Crippen molar-refractivity contribution in [2.45, 2.75) is 24.2 Å². The molecule has 0 amide bonds. The Hall–Kier alpha value is -1.24. The first-order valence-electron chi connectivity index (χ1n) is 5.25. The van der Waals surface area contributed by atoms with E-state index in [-0.39, 0.29) is 29.6 Å². The van der Waals surface area contributed by atoms with Crippen molar-refractivity contribution in [3.8, 4) is 12.1 Å². The van der Waals surface area contributed by atoms with Crippen molar-refractivity contribution in [2.75, 3.05) is 13.2 Å². The minimum absolute atomic E-state index is 0. The van der Waals surface area contributed by atoms with Crippen LogP contribution in [0.2, 0.25) is 0 Å². The van der Waals surface area contributed by atoms with Gasteiger partial charge in [-0.3, -0.25) is 4.90 Å². The van der Waals surface area contributed by atoms with E-state index in [4.69, 9.17) is 25.8 Å². The first-order chi connectivity index (χ1) is 9.35. The predicted molar refractivity (Wildman–Crippen MR) is 57.3 cm³/mol. The fourth-order valence-corrected chi connectivity index (χ4v) is 1.56. The van der Waals surface area contributed by atoms with Crippen LogP contribution in [0.5, 0.6) is 0 Å². The molecule has 0 bridgehead atoms. The molecule has 4 N–H and O–H groups in total. The second-order valence-electron chi connectivity index (χ2n) is 3.65. The number of hydrogen-bond acceptors (Lipinski definition) is 9. The smallest absolute Gasteiger partial charge is 0.548 e. The van der Waals surface area contributed by atoms with Gasteiger partial charge in [0.25, 0.3) is 0 Å². The van der Waals surface area contributed by atoms with Gasteiger partial charge in [0, 0.05) is 0 Å². The molecule has 110 valence electrons. The minimum Gasteiger partial charge on any atom is -0.548 e. The Morgan fingerprint density at radius 3 is 1.71 bits per heavy atom. The molecule has 0 radical (unpaired) electrons. The van der Waals surface area contributed by atoms with E-state index in [1.165, 1.54) is 12.1 Å². The maximum absolute atomic E-state index is 11.0. The number of aliphatic hydroxyl groups excluding tert-OH is 3. The van der Waals surface area contributed by atoms with Crippen molar-refractivity contribution < 1.29 is 64.7 Å². The van der Waals surface area contributed by atoms with E-state index in [1.807, 2.05) is 0 Å². The van der Waals surface area contributed by atoms with Gasteiger partial charge >= 0.3 is 35.5 Å². The maximum Gasteiger partial charge on any atom is 1.00 e. The number of carbonyl (C=O) groups excluding carboxylic acids is 1. The van der Waals surface area contributed by atoms with E-state index in [0.29, 0.717) is 4.90 Å². The summed E-state index contributed by atoms with van der Waals surface area (Å²) < 4.78 is 0. The third kappa shape index (κ3) is 5.57. The van der Waals surface area contributed by atoms with Gasteiger partial charge in [-0.05, 0) is 0 Å². The molecule has 0 heterocycles. The van der Waals surface area contributed by atoms with Crippen LogP contribution in [-0.2, 0) is 9.59 Å². The minimum atomic E-state index is -2.51. The molecule has 0 aromatic carbocycles. The first kappa shape index (κ1) is 22.0. The summed E-state index contributed by atoms with van der Waals surface area (Å²) in [6.07, 6.45) is -2.51. The topological polar surface area (TPSA) is 189 Å². The Bertz CT molecular complexity index is 425. The van der Waals surface area contributed by atoms with Gasteiger partial charge < -0.3 is 30.3 Å². The van der Waals surface area contributed by atoms with Crippen LogP contribution >= 0.6 is 0 Å². The van der Waals surface area contributed by atoms with Crippen LogP contribution in [0, 0.1) is 22.7 Å². The van der Waals surface area contributed by atoms with Crippen molar-refractivity contribution in [1.29, 1.82) is 10.5 Å². The van der Waals surface area contributed by atoms with Gasteiger partial charge in [0.15, 0.2) is 6.10 Å². The van der Waals surface area contributed by atoms with E-state index >= 15 is 0 Å². The van der Waals surface area contributed by atoms with Crippen LogP contribution in [-0.4, -0.2) is 74.7 Å². The molecule has 11 heteroatoms. The molecule has 10 nitrogen and oxygen atoms in total. The molecule has 0 aliphatic heterocycles. The van der Waals surface area contributed by atoms with E-state index in [2.05, 4.69) is 0 Å². The van der Waals surface area contributed by atoms with Crippen LogP contribution in [0.1, 0.15) is 0 Å². The Morgan fingerprint density at radius 1 is 1.14 bits per heavy atom. The Labute approximate surface area is 141 Å². The summed E-state index contributed by atoms with van der Waals surface area (Å²) in [6.45, 7) is -1.88. The fraction of sp³-hybridized carbons (Fsp3) is 0.600. The number of rotatable bonds is 8. The summed E-state index contributed by atoms with van der Waals surface area (Å²) in [6, 6.07) is -2.64. The third-order valence-electron chi connectivity index (χ3n) is 2.48. The second kappa shape index (κ2) is 10.5. The van der Waals surface area contributed by atoms with E-state index in [9.17, 15) is 19.8 Å². The molecular formula is C10H12N3NaO7. The first-order valence-corrected chi connectivity index (χ1v) is 5.25. The summed E-state index contributed by atoms with van der Waals surface area (Å²) in [5.41, 5.74) is 0.